The van der Waals surface area contributed by atoms with Gasteiger partial charge in [-0.1, -0.05) is 6.07 Å². The van der Waals surface area contributed by atoms with Gasteiger partial charge in [-0.25, -0.2) is 8.42 Å². The van der Waals surface area contributed by atoms with Crippen LogP contribution < -0.4 is 10.2 Å². The number of carbonyl (C=O) groups excluding carboxylic acids is 1. The van der Waals surface area contributed by atoms with Crippen LogP contribution in [0.1, 0.15) is 26.3 Å². The fraction of sp³-hybridized carbons (Fsp3) is 0.562. The number of rotatable bonds is 2. The van der Waals surface area contributed by atoms with E-state index in [2.05, 4.69) is 5.32 Å². The monoisotopic (exact) mass is 337 g/mol. The highest BCUT2D eigenvalue weighted by molar-refractivity contribution is 7.89. The molecule has 0 saturated carbocycles. The number of hydrogen-bond acceptors (Lipinski definition) is 4. The summed E-state index contributed by atoms with van der Waals surface area (Å²) in [5, 5.41) is 3.34. The normalized spacial score (nSPS) is 25.4. The van der Waals surface area contributed by atoms with Crippen LogP contribution in [0, 0.1) is 0 Å². The van der Waals surface area contributed by atoms with E-state index < -0.39 is 10.0 Å². The Balaban J connectivity index is 1.95. The van der Waals surface area contributed by atoms with Gasteiger partial charge in [0, 0.05) is 44.3 Å². The van der Waals surface area contributed by atoms with Gasteiger partial charge in [0.25, 0.3) is 0 Å². The molecule has 1 aromatic rings. The summed E-state index contributed by atoms with van der Waals surface area (Å²) in [5.74, 6) is -0.0530. The summed E-state index contributed by atoms with van der Waals surface area (Å²) < 4.78 is 27.4. The summed E-state index contributed by atoms with van der Waals surface area (Å²) in [5.41, 5.74) is 1.76. The molecular weight excluding hydrogens is 314 g/mol. The minimum atomic E-state index is -3.54. The average molecular weight is 337 g/mol. The molecule has 2 heterocycles. The molecule has 0 bridgehead atoms. The fourth-order valence-electron chi connectivity index (χ4n) is 3.47. The van der Waals surface area contributed by atoms with Crippen LogP contribution in [0.3, 0.4) is 0 Å². The van der Waals surface area contributed by atoms with Crippen molar-refractivity contribution in [3.05, 3.63) is 23.8 Å². The number of piperazine rings is 1. The van der Waals surface area contributed by atoms with E-state index in [1.807, 2.05) is 19.9 Å². The van der Waals surface area contributed by atoms with Gasteiger partial charge in [-0.2, -0.15) is 4.31 Å². The predicted octanol–water partition coefficient (Wildman–Crippen LogP) is 0.966. The third-order valence-corrected chi connectivity index (χ3v) is 6.32. The summed E-state index contributed by atoms with van der Waals surface area (Å²) in [6.45, 7) is 7.02. The molecule has 1 N–H and O–H groups in total. The van der Waals surface area contributed by atoms with Crippen LogP contribution >= 0.6 is 0 Å². The molecule has 126 valence electrons. The van der Waals surface area contributed by atoms with Gasteiger partial charge in [0.1, 0.15) is 0 Å². The Labute approximate surface area is 137 Å². The highest BCUT2D eigenvalue weighted by Crippen LogP contribution is 2.31. The predicted molar refractivity (Wildman–Crippen MR) is 89.0 cm³/mol. The maximum Gasteiger partial charge on any atom is 0.243 e. The number of amides is 1. The van der Waals surface area contributed by atoms with Crippen molar-refractivity contribution in [2.24, 2.45) is 0 Å². The molecule has 1 amide bonds. The summed E-state index contributed by atoms with van der Waals surface area (Å²) in [6.07, 6.45) is 0.775. The molecule has 7 heteroatoms. The Morgan fingerprint density at radius 1 is 1.22 bits per heavy atom. The van der Waals surface area contributed by atoms with Gasteiger partial charge in [0.05, 0.1) is 4.90 Å². The largest absolute Gasteiger partial charge is 0.312 e. The molecule has 2 aliphatic rings. The van der Waals surface area contributed by atoms with E-state index >= 15 is 0 Å². The number of benzene rings is 1. The van der Waals surface area contributed by atoms with Gasteiger partial charge in [-0.3, -0.25) is 4.79 Å². The van der Waals surface area contributed by atoms with Gasteiger partial charge in [0.2, 0.25) is 15.9 Å². The lowest BCUT2D eigenvalue weighted by Gasteiger charge is -2.35. The average Bonchev–Trinajstić information content (AvgIpc) is 2.89. The topological polar surface area (TPSA) is 69.7 Å². The standard InChI is InChI=1S/C16H23N3O3S/c1-11-9-18(10-12(2)17-11)23(21,22)15-5-4-14-6-7-19(13(3)20)16(14)8-15/h4-5,8,11-12,17H,6-7,9-10H2,1-3H3. The molecule has 0 aliphatic carbocycles. The van der Waals surface area contributed by atoms with E-state index in [0.29, 0.717) is 19.6 Å². The zero-order valence-electron chi connectivity index (χ0n) is 13.7. The number of fused-ring (bicyclic) bond motifs is 1. The SMILES string of the molecule is CC(=O)N1CCc2ccc(S(=O)(=O)N3CC(C)NC(C)C3)cc21. The molecular formula is C16H23N3O3S. The van der Waals surface area contributed by atoms with Crippen molar-refractivity contribution in [1.29, 1.82) is 0 Å². The van der Waals surface area contributed by atoms with Crippen molar-refractivity contribution in [2.45, 2.75) is 44.2 Å². The van der Waals surface area contributed by atoms with E-state index in [1.165, 1.54) is 11.2 Å². The molecule has 2 atom stereocenters. The lowest BCUT2D eigenvalue weighted by molar-refractivity contribution is -0.116. The summed E-state index contributed by atoms with van der Waals surface area (Å²) in [7, 11) is -3.54. The third kappa shape index (κ3) is 3.00. The zero-order chi connectivity index (χ0) is 16.8. The Hall–Kier alpha value is -1.44. The van der Waals surface area contributed by atoms with Crippen LogP contribution in [0.4, 0.5) is 5.69 Å². The van der Waals surface area contributed by atoms with E-state index in [-0.39, 0.29) is 22.9 Å². The third-order valence-electron chi connectivity index (χ3n) is 4.49. The van der Waals surface area contributed by atoms with Crippen molar-refractivity contribution < 1.29 is 13.2 Å². The number of carbonyl (C=O) groups is 1. The van der Waals surface area contributed by atoms with Gasteiger partial charge >= 0.3 is 0 Å². The minimum Gasteiger partial charge on any atom is -0.312 e. The number of nitrogens with one attached hydrogen (secondary N) is 1. The van der Waals surface area contributed by atoms with Crippen molar-refractivity contribution >= 4 is 21.6 Å². The maximum atomic E-state index is 12.9. The van der Waals surface area contributed by atoms with Crippen LogP contribution in [-0.4, -0.2) is 50.3 Å². The molecule has 2 aliphatic heterocycles. The Bertz CT molecular complexity index is 722. The first-order valence-corrected chi connectivity index (χ1v) is 9.40. The smallest absolute Gasteiger partial charge is 0.243 e. The van der Waals surface area contributed by atoms with Crippen LogP contribution in [0.5, 0.6) is 0 Å². The molecule has 1 saturated heterocycles. The van der Waals surface area contributed by atoms with E-state index in [1.54, 1.807) is 17.0 Å². The highest BCUT2D eigenvalue weighted by atomic mass is 32.2. The molecule has 0 radical (unpaired) electrons. The summed E-state index contributed by atoms with van der Waals surface area (Å²) in [4.78, 5) is 13.6. The molecule has 23 heavy (non-hydrogen) atoms. The van der Waals surface area contributed by atoms with Crippen LogP contribution in [0.2, 0.25) is 0 Å². The number of sulfonamides is 1. The molecule has 6 nitrogen and oxygen atoms in total. The first-order chi connectivity index (χ1) is 10.8. The van der Waals surface area contributed by atoms with Gasteiger partial charge < -0.3 is 10.2 Å². The van der Waals surface area contributed by atoms with Crippen molar-refractivity contribution in [2.75, 3.05) is 24.5 Å². The first-order valence-electron chi connectivity index (χ1n) is 7.96. The second kappa shape index (κ2) is 5.89. The number of anilines is 1. The second-order valence-corrected chi connectivity index (χ2v) is 8.44. The fourth-order valence-corrected chi connectivity index (χ4v) is 5.11. The van der Waals surface area contributed by atoms with Gasteiger partial charge in [-0.15, -0.1) is 0 Å². The summed E-state index contributed by atoms with van der Waals surface area (Å²) >= 11 is 0. The molecule has 3 rings (SSSR count). The molecule has 1 aromatic carbocycles. The number of nitrogens with zero attached hydrogens (tertiary/aromatic N) is 2. The lowest BCUT2D eigenvalue weighted by atomic mass is 10.2. The minimum absolute atomic E-state index is 0.0530. The molecule has 2 unspecified atom stereocenters. The van der Waals surface area contributed by atoms with Crippen molar-refractivity contribution in [3.8, 4) is 0 Å². The summed E-state index contributed by atoms with van der Waals surface area (Å²) in [6, 6.07) is 5.39. The van der Waals surface area contributed by atoms with E-state index in [0.717, 1.165) is 17.7 Å². The van der Waals surface area contributed by atoms with Crippen LogP contribution in [-0.2, 0) is 21.2 Å². The van der Waals surface area contributed by atoms with E-state index in [4.69, 9.17) is 0 Å². The van der Waals surface area contributed by atoms with Gasteiger partial charge in [0.15, 0.2) is 0 Å². The Morgan fingerprint density at radius 3 is 2.48 bits per heavy atom. The van der Waals surface area contributed by atoms with Crippen molar-refractivity contribution in [3.63, 3.8) is 0 Å². The van der Waals surface area contributed by atoms with Crippen LogP contribution in [0.25, 0.3) is 0 Å². The van der Waals surface area contributed by atoms with Gasteiger partial charge in [-0.05, 0) is 38.0 Å². The van der Waals surface area contributed by atoms with Crippen molar-refractivity contribution in [1.82, 2.24) is 9.62 Å². The Morgan fingerprint density at radius 2 is 1.87 bits per heavy atom. The van der Waals surface area contributed by atoms with E-state index in [9.17, 15) is 13.2 Å². The lowest BCUT2D eigenvalue weighted by Crippen LogP contribution is -2.55. The molecule has 0 aromatic heterocycles. The Kier molecular flexibility index (Phi) is 4.20. The van der Waals surface area contributed by atoms with Crippen LogP contribution in [0.15, 0.2) is 23.1 Å². The number of hydrogen-bond donors (Lipinski definition) is 1. The second-order valence-electron chi connectivity index (χ2n) is 6.50. The quantitative estimate of drug-likeness (QED) is 0.873. The molecule has 0 spiro atoms. The maximum absolute atomic E-state index is 12.9. The highest BCUT2D eigenvalue weighted by Gasteiger charge is 2.33. The zero-order valence-corrected chi connectivity index (χ0v) is 14.6. The first kappa shape index (κ1) is 16.4. The molecule has 1 fully saturated rings.